The van der Waals surface area contributed by atoms with Gasteiger partial charge in [0.1, 0.15) is 11.4 Å². The van der Waals surface area contributed by atoms with Crippen LogP contribution in [0, 0.1) is 0 Å². The van der Waals surface area contributed by atoms with Crippen molar-refractivity contribution in [2.75, 3.05) is 56.7 Å². The largest absolute Gasteiger partial charge is 0.462 e. The molecule has 3 N–H and O–H groups in total. The van der Waals surface area contributed by atoms with Gasteiger partial charge >= 0.3 is 0 Å². The fourth-order valence-electron chi connectivity index (χ4n) is 3.25. The predicted octanol–water partition coefficient (Wildman–Crippen LogP) is 3.79. The van der Waals surface area contributed by atoms with Crippen molar-refractivity contribution in [3.8, 4) is 0 Å². The van der Waals surface area contributed by atoms with Gasteiger partial charge in [0.05, 0.1) is 23.7 Å². The Hall–Kier alpha value is -3.61. The lowest BCUT2D eigenvalue weighted by molar-refractivity contribution is -0.138. The van der Waals surface area contributed by atoms with Gasteiger partial charge < -0.3 is 30.3 Å². The summed E-state index contributed by atoms with van der Waals surface area (Å²) in [5.74, 6) is 0.627. The number of ether oxygens (including phenoxy) is 2. The van der Waals surface area contributed by atoms with Gasteiger partial charge in [-0.1, -0.05) is 17.4 Å². The number of pyridine rings is 1. The number of carbonyl (C=O) groups is 2. The topological polar surface area (TPSA) is 130 Å². The minimum Gasteiger partial charge on any atom is -0.462 e. The number of aromatic nitrogens is 2. The molecule has 0 atom stereocenters. The Bertz CT molecular complexity index is 1140. The van der Waals surface area contributed by atoms with Crippen molar-refractivity contribution in [2.24, 2.45) is 4.99 Å². The monoisotopic (exact) mass is 571 g/mol. The zero-order valence-corrected chi connectivity index (χ0v) is 24.8. The van der Waals surface area contributed by atoms with Crippen LogP contribution in [0.4, 0.5) is 16.6 Å². The summed E-state index contributed by atoms with van der Waals surface area (Å²) < 4.78 is 9.97. The van der Waals surface area contributed by atoms with Crippen molar-refractivity contribution in [1.29, 1.82) is 0 Å². The molecule has 3 heterocycles. The van der Waals surface area contributed by atoms with Crippen LogP contribution in [0.15, 0.2) is 47.4 Å². The first kappa shape index (κ1) is 32.6. The summed E-state index contributed by atoms with van der Waals surface area (Å²) in [5.41, 5.74) is 1.33. The molecule has 0 saturated carbocycles. The molecule has 2 aromatic heterocycles. The Balaban J connectivity index is 0.000000708. The highest BCUT2D eigenvalue weighted by atomic mass is 32.1. The fraction of sp³-hybridized carbons (Fsp3) is 0.464. The second-order valence-corrected chi connectivity index (χ2v) is 10.6. The lowest BCUT2D eigenvalue weighted by Gasteiger charge is -2.28. The zero-order valence-electron chi connectivity index (χ0n) is 24.0. The van der Waals surface area contributed by atoms with E-state index in [1.165, 1.54) is 11.3 Å². The average Bonchev–Trinajstić information content (AvgIpc) is 3.38. The molecular formula is C28H41N7O4S. The second-order valence-electron chi connectivity index (χ2n) is 9.57. The Kier molecular flexibility index (Phi) is 14.6. The van der Waals surface area contributed by atoms with E-state index in [9.17, 15) is 9.59 Å². The van der Waals surface area contributed by atoms with E-state index < -0.39 is 0 Å². The van der Waals surface area contributed by atoms with Gasteiger partial charge in [0.2, 0.25) is 0 Å². The van der Waals surface area contributed by atoms with Crippen LogP contribution in [-0.2, 0) is 19.1 Å². The zero-order chi connectivity index (χ0) is 29.2. The number of nitrogens with one attached hydrogen (secondary N) is 3. The number of rotatable bonds is 12. The van der Waals surface area contributed by atoms with E-state index in [1.807, 2.05) is 53.0 Å². The van der Waals surface area contributed by atoms with Gasteiger partial charge in [-0.15, -0.1) is 0 Å². The highest BCUT2D eigenvalue weighted by molar-refractivity contribution is 7.16. The summed E-state index contributed by atoms with van der Waals surface area (Å²) in [5, 5.41) is 9.95. The molecule has 1 amide bonds. The molecule has 1 fully saturated rings. The van der Waals surface area contributed by atoms with Gasteiger partial charge in [-0.25, -0.2) is 9.97 Å². The molecule has 3 rings (SSSR count). The number of nitrogens with zero attached hydrogens (tertiary/aromatic N) is 4. The molecule has 218 valence electrons. The molecule has 0 unspecified atom stereocenters. The van der Waals surface area contributed by atoms with Crippen molar-refractivity contribution >= 4 is 52.6 Å². The van der Waals surface area contributed by atoms with Crippen molar-refractivity contribution in [1.82, 2.24) is 20.6 Å². The molecule has 0 radical (unpaired) electrons. The third-order valence-corrected chi connectivity index (χ3v) is 6.16. The van der Waals surface area contributed by atoms with Crippen molar-refractivity contribution in [3.63, 3.8) is 0 Å². The molecule has 1 aliphatic heterocycles. The highest BCUT2D eigenvalue weighted by Gasteiger charge is 2.12. The van der Waals surface area contributed by atoms with E-state index in [4.69, 9.17) is 4.74 Å². The number of carbonyl (C=O) groups excluding carboxylic acids is 2. The number of aliphatic imine (C=N–C) groups is 1. The van der Waals surface area contributed by atoms with Crippen LogP contribution < -0.4 is 20.9 Å². The summed E-state index contributed by atoms with van der Waals surface area (Å²) >= 11 is 1.50. The Morgan fingerprint density at radius 1 is 1.25 bits per heavy atom. The lowest BCUT2D eigenvalue weighted by Crippen LogP contribution is -2.36. The number of amides is 1. The first-order chi connectivity index (χ1) is 19.3. The quantitative estimate of drug-likeness (QED) is 0.151. The summed E-state index contributed by atoms with van der Waals surface area (Å²) in [7, 11) is 1.89. The van der Waals surface area contributed by atoms with E-state index in [0.717, 1.165) is 60.8 Å². The Morgan fingerprint density at radius 3 is 2.67 bits per heavy atom. The van der Waals surface area contributed by atoms with Crippen LogP contribution in [0.3, 0.4) is 0 Å². The molecule has 40 heavy (non-hydrogen) atoms. The van der Waals surface area contributed by atoms with Gasteiger partial charge in [-0.2, -0.15) is 0 Å². The Morgan fingerprint density at radius 2 is 2.02 bits per heavy atom. The van der Waals surface area contributed by atoms with Gasteiger partial charge in [-0.3, -0.25) is 14.6 Å². The van der Waals surface area contributed by atoms with E-state index >= 15 is 0 Å². The first-order valence-corrected chi connectivity index (χ1v) is 14.0. The van der Waals surface area contributed by atoms with Gasteiger partial charge in [0.25, 0.3) is 12.4 Å². The van der Waals surface area contributed by atoms with Gasteiger partial charge in [-0.05, 0) is 59.9 Å². The number of thiazole rings is 1. The van der Waals surface area contributed by atoms with E-state index in [-0.39, 0.29) is 11.5 Å². The smallest absolute Gasteiger partial charge is 0.293 e. The standard InChI is InChI=1S/C23H31N7O2S.C5H10O2/c1-3-18(22(31)27-8-4-7-24-2)16-25-9-6-20-17-28-23(33-20)29-21-15-19(5-10-26-21)30-11-13-32-14-12-30;1-5(2,3)7-4-6/h3,5-6,9-10,15-17,24H,4,7-8,11-14H2,1-2H3,(H,27,31)(H,26,28,29);4H,1-3H3/b9-6+,18-3+,25-16-;. The maximum absolute atomic E-state index is 12.2. The summed E-state index contributed by atoms with van der Waals surface area (Å²) in [6.07, 6.45) is 11.3. The normalized spacial score (nSPS) is 14.1. The molecule has 12 heteroatoms. The number of morpholine rings is 1. The highest BCUT2D eigenvalue weighted by Crippen LogP contribution is 2.25. The minimum atomic E-state index is -0.318. The SMILES string of the molecule is CC(C)(C)OC=O.C\C=C(/C=N\C=C\c1cnc(Nc2cc(N3CCOCC3)ccn2)s1)C(=O)NCCCNC. The minimum absolute atomic E-state index is 0.123. The molecule has 11 nitrogen and oxygen atoms in total. The predicted molar refractivity (Wildman–Crippen MR) is 162 cm³/mol. The maximum atomic E-state index is 12.2. The van der Waals surface area contributed by atoms with Crippen LogP contribution in [0.5, 0.6) is 0 Å². The molecule has 0 spiro atoms. The molecule has 2 aromatic rings. The van der Waals surface area contributed by atoms with Crippen LogP contribution in [0.2, 0.25) is 0 Å². The number of allylic oxidation sites excluding steroid dienone is 1. The van der Waals surface area contributed by atoms with Gasteiger partial charge in [0, 0.05) is 56.2 Å². The third-order valence-electron chi connectivity index (χ3n) is 5.28. The lowest BCUT2D eigenvalue weighted by atomic mass is 10.2. The average molecular weight is 572 g/mol. The maximum Gasteiger partial charge on any atom is 0.293 e. The third kappa shape index (κ3) is 13.0. The fourth-order valence-corrected chi connectivity index (χ4v) is 3.97. The molecule has 0 aliphatic carbocycles. The molecule has 0 bridgehead atoms. The summed E-state index contributed by atoms with van der Waals surface area (Å²) in [4.78, 5) is 38.0. The van der Waals surface area contributed by atoms with Crippen molar-refractivity contribution in [3.05, 3.63) is 47.3 Å². The molecule has 1 saturated heterocycles. The first-order valence-electron chi connectivity index (χ1n) is 13.2. The molecule has 0 aromatic carbocycles. The van der Waals surface area contributed by atoms with Crippen LogP contribution >= 0.6 is 11.3 Å². The van der Waals surface area contributed by atoms with E-state index in [0.29, 0.717) is 18.6 Å². The van der Waals surface area contributed by atoms with Crippen LogP contribution in [0.1, 0.15) is 39.0 Å². The molecular weight excluding hydrogens is 530 g/mol. The number of hydrogen-bond acceptors (Lipinski definition) is 11. The number of anilines is 3. The summed E-state index contributed by atoms with van der Waals surface area (Å²) in [6, 6.07) is 4.03. The number of hydrogen-bond donors (Lipinski definition) is 3. The second kappa shape index (κ2) is 17.9. The Labute approximate surface area is 240 Å². The van der Waals surface area contributed by atoms with Gasteiger partial charge in [0.15, 0.2) is 5.13 Å². The van der Waals surface area contributed by atoms with E-state index in [1.54, 1.807) is 30.9 Å². The van der Waals surface area contributed by atoms with Crippen molar-refractivity contribution < 1.29 is 19.1 Å². The summed E-state index contributed by atoms with van der Waals surface area (Å²) in [6.45, 7) is 12.5. The van der Waals surface area contributed by atoms with Crippen LogP contribution in [-0.4, -0.2) is 80.6 Å². The van der Waals surface area contributed by atoms with E-state index in [2.05, 4.69) is 40.5 Å². The molecule has 1 aliphatic rings. The van der Waals surface area contributed by atoms with Crippen LogP contribution in [0.25, 0.3) is 6.08 Å². The van der Waals surface area contributed by atoms with Crippen molar-refractivity contribution in [2.45, 2.75) is 39.7 Å².